The Labute approximate surface area is 66.2 Å². The molecule has 0 fully saturated rings. The lowest BCUT2D eigenvalue weighted by Gasteiger charge is -2.28. The Hall–Kier alpha value is -0.650. The average Bonchev–Trinajstić information content (AvgIpc) is 1.81. The van der Waals surface area contributed by atoms with E-state index in [0.717, 1.165) is 0 Å². The van der Waals surface area contributed by atoms with E-state index >= 15 is 0 Å². The molecule has 3 heteroatoms. The summed E-state index contributed by atoms with van der Waals surface area (Å²) in [6, 6.07) is 0. The van der Waals surface area contributed by atoms with E-state index in [1.165, 1.54) is 20.8 Å². The zero-order valence-electron chi connectivity index (χ0n) is 7.12. The maximum absolute atomic E-state index is 13.0. The van der Waals surface area contributed by atoms with E-state index in [2.05, 4.69) is 4.85 Å². The van der Waals surface area contributed by atoms with E-state index in [-0.39, 0.29) is 13.0 Å². The minimum absolute atomic E-state index is 0.0930. The Morgan fingerprint density at radius 2 is 1.73 bits per heavy atom. The van der Waals surface area contributed by atoms with Crippen molar-refractivity contribution in [3.63, 3.8) is 0 Å². The molecular weight excluding hydrogens is 148 g/mol. The highest BCUT2D eigenvalue weighted by Crippen LogP contribution is 2.38. The minimum atomic E-state index is -2.72. The van der Waals surface area contributed by atoms with Gasteiger partial charge in [0.05, 0.1) is 6.42 Å². The van der Waals surface area contributed by atoms with Gasteiger partial charge >= 0.3 is 0 Å². The van der Waals surface area contributed by atoms with E-state index < -0.39 is 11.3 Å². The highest BCUT2D eigenvalue weighted by atomic mass is 19.3. The molecule has 0 N–H and O–H groups in total. The summed E-state index contributed by atoms with van der Waals surface area (Å²) in [7, 11) is 0. The Kier molecular flexibility index (Phi) is 2.98. The maximum Gasteiger partial charge on any atom is 0.259 e. The van der Waals surface area contributed by atoms with Gasteiger partial charge in [-0.2, -0.15) is 0 Å². The molecule has 0 aromatic rings. The van der Waals surface area contributed by atoms with Crippen molar-refractivity contribution in [1.29, 1.82) is 0 Å². The van der Waals surface area contributed by atoms with Crippen molar-refractivity contribution in [3.05, 3.63) is 11.4 Å². The molecule has 0 unspecified atom stereocenters. The second kappa shape index (κ2) is 3.17. The van der Waals surface area contributed by atoms with Crippen LogP contribution in [-0.4, -0.2) is 12.5 Å². The number of rotatable bonds is 2. The summed E-state index contributed by atoms with van der Waals surface area (Å²) in [5, 5.41) is 0. The molecule has 0 heterocycles. The zero-order chi connectivity index (χ0) is 9.12. The van der Waals surface area contributed by atoms with Crippen LogP contribution in [0.5, 0.6) is 0 Å². The molecular formula is C8H13F2N. The van der Waals surface area contributed by atoms with E-state index in [0.29, 0.717) is 0 Å². The van der Waals surface area contributed by atoms with Crippen LogP contribution >= 0.6 is 0 Å². The van der Waals surface area contributed by atoms with Gasteiger partial charge in [0.2, 0.25) is 6.54 Å². The predicted molar refractivity (Wildman–Crippen MR) is 40.5 cm³/mol. The molecule has 0 aliphatic rings. The van der Waals surface area contributed by atoms with Gasteiger partial charge in [-0.25, -0.2) is 15.4 Å². The lowest BCUT2D eigenvalue weighted by Crippen LogP contribution is -2.34. The van der Waals surface area contributed by atoms with Gasteiger partial charge in [0, 0.05) is 5.41 Å². The first kappa shape index (κ1) is 10.3. The fraction of sp³-hybridized carbons (Fsp3) is 0.875. The second-order valence-electron chi connectivity index (χ2n) is 3.59. The fourth-order valence-electron chi connectivity index (χ4n) is 0.571. The van der Waals surface area contributed by atoms with Crippen LogP contribution in [0.2, 0.25) is 0 Å². The standard InChI is InChI=1S/C8H13F2N/c1-7(2,3)8(9,10)5-6-11-4/h5-6H2,1-3H3. The molecule has 0 saturated heterocycles. The highest BCUT2D eigenvalue weighted by molar-refractivity contribution is 4.83. The lowest BCUT2D eigenvalue weighted by atomic mass is 9.86. The van der Waals surface area contributed by atoms with Crippen LogP contribution in [-0.2, 0) is 0 Å². The van der Waals surface area contributed by atoms with Crippen molar-refractivity contribution in [3.8, 4) is 0 Å². The van der Waals surface area contributed by atoms with Crippen molar-refractivity contribution in [2.45, 2.75) is 33.1 Å². The van der Waals surface area contributed by atoms with Gasteiger partial charge < -0.3 is 4.85 Å². The van der Waals surface area contributed by atoms with Crippen molar-refractivity contribution >= 4 is 0 Å². The summed E-state index contributed by atoms with van der Waals surface area (Å²) < 4.78 is 25.9. The van der Waals surface area contributed by atoms with Crippen molar-refractivity contribution in [2.24, 2.45) is 5.41 Å². The molecule has 0 spiro atoms. The van der Waals surface area contributed by atoms with Crippen LogP contribution in [0.15, 0.2) is 0 Å². The summed E-state index contributed by atoms with van der Waals surface area (Å²) in [5.41, 5.74) is -1.03. The van der Waals surface area contributed by atoms with Gasteiger partial charge in [0.15, 0.2) is 0 Å². The third kappa shape index (κ3) is 2.83. The summed E-state index contributed by atoms with van der Waals surface area (Å²) in [4.78, 5) is 2.90. The molecule has 0 aliphatic heterocycles. The monoisotopic (exact) mass is 161 g/mol. The van der Waals surface area contributed by atoms with Crippen molar-refractivity contribution in [2.75, 3.05) is 6.54 Å². The molecule has 1 nitrogen and oxygen atoms in total. The van der Waals surface area contributed by atoms with Gasteiger partial charge in [-0.3, -0.25) is 0 Å². The molecule has 0 aromatic heterocycles. The van der Waals surface area contributed by atoms with Gasteiger partial charge in [-0.1, -0.05) is 20.8 Å². The number of alkyl halides is 2. The third-order valence-corrected chi connectivity index (χ3v) is 1.63. The molecule has 0 bridgehead atoms. The van der Waals surface area contributed by atoms with Gasteiger partial charge in [-0.15, -0.1) is 0 Å². The maximum atomic E-state index is 13.0. The van der Waals surface area contributed by atoms with Gasteiger partial charge in [0.25, 0.3) is 5.92 Å². The van der Waals surface area contributed by atoms with Gasteiger partial charge in [0.1, 0.15) is 0 Å². The molecule has 11 heavy (non-hydrogen) atoms. The number of hydrogen-bond acceptors (Lipinski definition) is 0. The third-order valence-electron chi connectivity index (χ3n) is 1.63. The van der Waals surface area contributed by atoms with E-state index in [4.69, 9.17) is 6.57 Å². The van der Waals surface area contributed by atoms with E-state index in [1.54, 1.807) is 0 Å². The highest BCUT2D eigenvalue weighted by Gasteiger charge is 2.43. The molecule has 0 aromatic carbocycles. The summed E-state index contributed by atoms with van der Waals surface area (Å²) >= 11 is 0. The van der Waals surface area contributed by atoms with Crippen LogP contribution in [0.25, 0.3) is 4.85 Å². The molecule has 0 radical (unpaired) electrons. The second-order valence-corrected chi connectivity index (χ2v) is 3.59. The van der Waals surface area contributed by atoms with Crippen LogP contribution in [0.4, 0.5) is 8.78 Å². The lowest BCUT2D eigenvalue weighted by molar-refractivity contribution is -0.0990. The fourth-order valence-corrected chi connectivity index (χ4v) is 0.571. The van der Waals surface area contributed by atoms with Crippen LogP contribution in [0, 0.1) is 12.0 Å². The topological polar surface area (TPSA) is 4.36 Å². The minimum Gasteiger partial charge on any atom is -0.317 e. The van der Waals surface area contributed by atoms with Crippen molar-refractivity contribution in [1.82, 2.24) is 0 Å². The van der Waals surface area contributed by atoms with E-state index in [1.807, 2.05) is 0 Å². The molecule has 0 rings (SSSR count). The molecule has 0 saturated carbocycles. The number of hydrogen-bond donors (Lipinski definition) is 0. The molecule has 0 aliphatic carbocycles. The predicted octanol–water partition coefficient (Wildman–Crippen LogP) is 2.98. The average molecular weight is 161 g/mol. The van der Waals surface area contributed by atoms with Crippen LogP contribution in [0.1, 0.15) is 27.2 Å². The first-order chi connectivity index (χ1) is 4.81. The number of halogens is 2. The summed E-state index contributed by atoms with van der Waals surface area (Å²) in [5.74, 6) is -2.72. The largest absolute Gasteiger partial charge is 0.317 e. The normalized spacial score (nSPS) is 12.7. The summed E-state index contributed by atoms with van der Waals surface area (Å²) in [6.07, 6.45) is -0.333. The zero-order valence-corrected chi connectivity index (χ0v) is 7.12. The van der Waals surface area contributed by atoms with Gasteiger partial charge in [-0.05, 0) is 0 Å². The Morgan fingerprint density at radius 1 is 1.27 bits per heavy atom. The smallest absolute Gasteiger partial charge is 0.259 e. The Morgan fingerprint density at radius 3 is 2.00 bits per heavy atom. The Balaban J connectivity index is 4.13. The first-order valence-corrected chi connectivity index (χ1v) is 3.52. The summed E-state index contributed by atoms with van der Waals surface area (Å²) in [6.45, 7) is 10.7. The van der Waals surface area contributed by atoms with Crippen molar-refractivity contribution < 1.29 is 8.78 Å². The van der Waals surface area contributed by atoms with E-state index in [9.17, 15) is 8.78 Å². The Bertz CT molecular complexity index is 162. The molecule has 0 atom stereocenters. The SMILES string of the molecule is [C-]#[N+]CCC(F)(F)C(C)(C)C. The molecule has 0 amide bonds. The molecule has 64 valence electrons. The first-order valence-electron chi connectivity index (χ1n) is 3.52. The number of nitrogens with zero attached hydrogens (tertiary/aromatic N) is 1. The van der Waals surface area contributed by atoms with Crippen LogP contribution in [0.3, 0.4) is 0 Å². The van der Waals surface area contributed by atoms with Crippen LogP contribution < -0.4 is 0 Å². The quantitative estimate of drug-likeness (QED) is 0.548.